The third-order valence-electron chi connectivity index (χ3n) is 4.00. The maximum atomic E-state index is 12.0. The number of ether oxygens (including phenoxy) is 1. The largest absolute Gasteiger partial charge is 0.462 e. The van der Waals surface area contributed by atoms with E-state index in [0.717, 1.165) is 25.2 Å². The zero-order valence-corrected chi connectivity index (χ0v) is 14.3. The van der Waals surface area contributed by atoms with Gasteiger partial charge in [-0.3, -0.25) is 10.1 Å². The summed E-state index contributed by atoms with van der Waals surface area (Å²) in [5.41, 5.74) is 0.669. The van der Waals surface area contributed by atoms with E-state index in [1.54, 1.807) is 19.1 Å². The van der Waals surface area contributed by atoms with Crippen molar-refractivity contribution >= 4 is 29.1 Å². The molecule has 0 N–H and O–H groups in total. The minimum Gasteiger partial charge on any atom is -0.462 e. The first-order valence-corrected chi connectivity index (χ1v) is 9.09. The van der Waals surface area contributed by atoms with Crippen molar-refractivity contribution in [3.63, 3.8) is 0 Å². The van der Waals surface area contributed by atoms with Gasteiger partial charge in [0, 0.05) is 30.1 Å². The van der Waals surface area contributed by atoms with Gasteiger partial charge in [-0.2, -0.15) is 11.8 Å². The Hall–Kier alpha value is -1.76. The quantitative estimate of drug-likeness (QED) is 0.465. The highest BCUT2D eigenvalue weighted by atomic mass is 32.2. The van der Waals surface area contributed by atoms with Crippen molar-refractivity contribution < 1.29 is 14.5 Å². The molecule has 23 heavy (non-hydrogen) atoms. The number of nitrogens with zero attached hydrogens (tertiary/aromatic N) is 2. The van der Waals surface area contributed by atoms with Gasteiger partial charge in [-0.05, 0) is 38.2 Å². The molecule has 1 unspecified atom stereocenters. The van der Waals surface area contributed by atoms with E-state index in [1.807, 2.05) is 11.8 Å². The average Bonchev–Trinajstić information content (AvgIpc) is 2.80. The fourth-order valence-corrected chi connectivity index (χ4v) is 3.51. The molecule has 0 saturated carbocycles. The van der Waals surface area contributed by atoms with E-state index in [4.69, 9.17) is 4.74 Å². The van der Waals surface area contributed by atoms with E-state index in [9.17, 15) is 14.9 Å². The van der Waals surface area contributed by atoms with Crippen LogP contribution in [-0.2, 0) is 4.74 Å². The van der Waals surface area contributed by atoms with Gasteiger partial charge in [0.15, 0.2) is 0 Å². The van der Waals surface area contributed by atoms with Crippen LogP contribution >= 0.6 is 11.8 Å². The van der Waals surface area contributed by atoms with Gasteiger partial charge in [0.2, 0.25) is 0 Å². The molecule has 1 atom stereocenters. The zero-order chi connectivity index (χ0) is 16.8. The lowest BCUT2D eigenvalue weighted by molar-refractivity contribution is -0.385. The number of hydrogen-bond acceptors (Lipinski definition) is 6. The molecule has 1 saturated heterocycles. The second kappa shape index (κ2) is 8.19. The summed E-state index contributed by atoms with van der Waals surface area (Å²) >= 11 is 1.84. The van der Waals surface area contributed by atoms with Crippen molar-refractivity contribution in [3.05, 3.63) is 33.9 Å². The smallest absolute Gasteiger partial charge is 0.345 e. The van der Waals surface area contributed by atoms with Crippen LogP contribution < -0.4 is 4.90 Å². The number of carbonyl (C=O) groups excluding carboxylic acids is 1. The molecule has 6 nitrogen and oxygen atoms in total. The average molecular weight is 338 g/mol. The molecule has 0 amide bonds. The van der Waals surface area contributed by atoms with E-state index in [0.29, 0.717) is 5.25 Å². The monoisotopic (exact) mass is 338 g/mol. The highest BCUT2D eigenvalue weighted by Gasteiger charge is 2.24. The maximum absolute atomic E-state index is 12.0. The second-order valence-corrected chi connectivity index (χ2v) is 6.62. The Kier molecular flexibility index (Phi) is 6.27. The number of carbonyl (C=O) groups is 1. The fourth-order valence-electron chi connectivity index (χ4n) is 2.78. The summed E-state index contributed by atoms with van der Waals surface area (Å²) in [6, 6.07) is 4.73. The number of benzene rings is 1. The fraction of sp³-hybridized carbons (Fsp3) is 0.562. The van der Waals surface area contributed by atoms with Gasteiger partial charge in [0.25, 0.3) is 5.69 Å². The summed E-state index contributed by atoms with van der Waals surface area (Å²) in [4.78, 5) is 24.9. The molecule has 0 aromatic heterocycles. The lowest BCUT2D eigenvalue weighted by Crippen LogP contribution is -2.29. The predicted molar refractivity (Wildman–Crippen MR) is 92.4 cm³/mol. The molecule has 1 aromatic carbocycles. The molecule has 1 aromatic rings. The van der Waals surface area contributed by atoms with Gasteiger partial charge in [-0.15, -0.1) is 0 Å². The van der Waals surface area contributed by atoms with Gasteiger partial charge in [-0.1, -0.05) is 6.42 Å². The molecule has 126 valence electrons. The molecule has 0 bridgehead atoms. The number of thioether (sulfide) groups is 1. The molecule has 1 heterocycles. The molecule has 0 aliphatic carbocycles. The number of nitro groups is 1. The van der Waals surface area contributed by atoms with Gasteiger partial charge in [0.1, 0.15) is 5.56 Å². The number of hydrogen-bond donors (Lipinski definition) is 0. The van der Waals surface area contributed by atoms with Crippen LogP contribution in [-0.4, -0.2) is 42.1 Å². The van der Waals surface area contributed by atoms with Crippen LogP contribution in [0, 0.1) is 10.1 Å². The zero-order valence-electron chi connectivity index (χ0n) is 13.5. The topological polar surface area (TPSA) is 72.7 Å². The van der Waals surface area contributed by atoms with Gasteiger partial charge >= 0.3 is 5.97 Å². The molecule has 1 aliphatic rings. The first kappa shape index (κ1) is 17.6. The molecule has 0 spiro atoms. The summed E-state index contributed by atoms with van der Waals surface area (Å²) in [6.45, 7) is 3.67. The number of rotatable bonds is 5. The lowest BCUT2D eigenvalue weighted by atomic mass is 10.1. The van der Waals surface area contributed by atoms with Crippen LogP contribution in [0.25, 0.3) is 0 Å². The van der Waals surface area contributed by atoms with Crippen molar-refractivity contribution in [2.24, 2.45) is 0 Å². The Morgan fingerprint density at radius 3 is 2.91 bits per heavy atom. The maximum Gasteiger partial charge on any atom is 0.345 e. The van der Waals surface area contributed by atoms with E-state index >= 15 is 0 Å². The Morgan fingerprint density at radius 2 is 2.26 bits per heavy atom. The third kappa shape index (κ3) is 4.37. The van der Waals surface area contributed by atoms with Gasteiger partial charge in [-0.25, -0.2) is 4.79 Å². The van der Waals surface area contributed by atoms with Gasteiger partial charge < -0.3 is 9.64 Å². The first-order chi connectivity index (χ1) is 11.1. The Bertz CT molecular complexity index is 579. The van der Waals surface area contributed by atoms with E-state index in [1.165, 1.54) is 18.9 Å². The highest BCUT2D eigenvalue weighted by molar-refractivity contribution is 7.99. The van der Waals surface area contributed by atoms with Gasteiger partial charge in [0.05, 0.1) is 11.5 Å². The van der Waals surface area contributed by atoms with Crippen molar-refractivity contribution in [3.8, 4) is 0 Å². The predicted octanol–water partition coefficient (Wildman–Crippen LogP) is 3.49. The van der Waals surface area contributed by atoms with Crippen molar-refractivity contribution in [1.82, 2.24) is 0 Å². The van der Waals surface area contributed by atoms with Crippen LogP contribution in [0.2, 0.25) is 0 Å². The molecule has 1 aliphatic heterocycles. The van der Waals surface area contributed by atoms with Crippen molar-refractivity contribution in [2.75, 3.05) is 30.9 Å². The number of anilines is 1. The van der Waals surface area contributed by atoms with E-state index < -0.39 is 10.9 Å². The van der Waals surface area contributed by atoms with E-state index in [-0.39, 0.29) is 17.9 Å². The minimum atomic E-state index is -0.641. The third-order valence-corrected chi connectivity index (χ3v) is 5.05. The normalized spacial score (nSPS) is 18.3. The Morgan fingerprint density at radius 1 is 1.48 bits per heavy atom. The number of nitro benzene ring substituents is 1. The molecular weight excluding hydrogens is 316 g/mol. The minimum absolute atomic E-state index is 0.0271. The Balaban J connectivity index is 2.33. The van der Waals surface area contributed by atoms with Crippen molar-refractivity contribution in [2.45, 2.75) is 31.4 Å². The summed E-state index contributed by atoms with van der Waals surface area (Å²) in [6.07, 6.45) is 5.55. The first-order valence-electron chi connectivity index (χ1n) is 7.80. The van der Waals surface area contributed by atoms with Crippen LogP contribution in [0.4, 0.5) is 11.4 Å². The summed E-state index contributed by atoms with van der Waals surface area (Å²) < 4.78 is 4.96. The van der Waals surface area contributed by atoms with Crippen LogP contribution in [0.5, 0.6) is 0 Å². The van der Waals surface area contributed by atoms with Crippen LogP contribution in [0.1, 0.15) is 36.5 Å². The highest BCUT2D eigenvalue weighted by Crippen LogP contribution is 2.29. The second-order valence-electron chi connectivity index (χ2n) is 5.48. The van der Waals surface area contributed by atoms with E-state index in [2.05, 4.69) is 11.2 Å². The van der Waals surface area contributed by atoms with Crippen LogP contribution in [0.15, 0.2) is 18.2 Å². The molecule has 1 fully saturated rings. The SMILES string of the molecule is CCOC(=O)c1cc(N2CCCCC(SC)C2)ccc1[N+](=O)[O-]. The molecule has 2 rings (SSSR count). The molecule has 0 radical (unpaired) electrons. The lowest BCUT2D eigenvalue weighted by Gasteiger charge is -2.26. The molecular formula is C16H22N2O4S. The summed E-state index contributed by atoms with van der Waals surface area (Å²) in [5, 5.41) is 11.7. The summed E-state index contributed by atoms with van der Waals surface area (Å²) in [5.74, 6) is -0.641. The Labute approximate surface area is 140 Å². The van der Waals surface area contributed by atoms with Crippen LogP contribution in [0.3, 0.4) is 0 Å². The standard InChI is InChI=1S/C16H22N2O4S/c1-3-22-16(19)14-10-12(7-8-15(14)18(20)21)17-9-5-4-6-13(11-17)23-2/h7-8,10,13H,3-6,9,11H2,1-2H3. The summed E-state index contributed by atoms with van der Waals surface area (Å²) in [7, 11) is 0. The van der Waals surface area contributed by atoms with Crippen molar-refractivity contribution in [1.29, 1.82) is 0 Å². The number of esters is 1. The molecule has 7 heteroatoms.